The van der Waals surface area contributed by atoms with Crippen molar-refractivity contribution >= 4 is 27.1 Å². The molecule has 0 unspecified atom stereocenters. The maximum absolute atomic E-state index is 13.0. The number of non-ortho nitro benzene ring substituents is 1. The SMILES string of the molecule is CC(C)N(c1cc([N+](=O)[O-])ccc1C(=O)N1CCS(=O)(=O)CC1)C(C)C. The van der Waals surface area contributed by atoms with Gasteiger partial charge in [0, 0.05) is 37.3 Å². The van der Waals surface area contributed by atoms with E-state index in [0.29, 0.717) is 11.3 Å². The van der Waals surface area contributed by atoms with Crippen LogP contribution < -0.4 is 4.90 Å². The Kier molecular flexibility index (Phi) is 5.90. The number of carbonyl (C=O) groups is 1. The van der Waals surface area contributed by atoms with Crippen molar-refractivity contribution < 1.29 is 18.1 Å². The van der Waals surface area contributed by atoms with E-state index in [-0.39, 0.29) is 48.3 Å². The number of sulfone groups is 1. The van der Waals surface area contributed by atoms with E-state index in [1.807, 2.05) is 32.6 Å². The molecule has 0 aliphatic carbocycles. The lowest BCUT2D eigenvalue weighted by Gasteiger charge is -2.35. The van der Waals surface area contributed by atoms with Crippen molar-refractivity contribution in [3.8, 4) is 0 Å². The summed E-state index contributed by atoms with van der Waals surface area (Å²) < 4.78 is 23.2. The van der Waals surface area contributed by atoms with Gasteiger partial charge in [0.15, 0.2) is 9.84 Å². The molecule has 0 N–H and O–H groups in total. The lowest BCUT2D eigenvalue weighted by atomic mass is 10.1. The smallest absolute Gasteiger partial charge is 0.271 e. The molecule has 0 radical (unpaired) electrons. The number of benzene rings is 1. The van der Waals surface area contributed by atoms with E-state index in [9.17, 15) is 23.3 Å². The monoisotopic (exact) mass is 383 g/mol. The number of nitrogens with zero attached hydrogens (tertiary/aromatic N) is 3. The van der Waals surface area contributed by atoms with Crippen LogP contribution in [0, 0.1) is 10.1 Å². The summed E-state index contributed by atoms with van der Waals surface area (Å²) in [6.45, 7) is 8.12. The topological polar surface area (TPSA) is 101 Å². The average Bonchev–Trinajstić information content (AvgIpc) is 2.53. The summed E-state index contributed by atoms with van der Waals surface area (Å²) in [6.07, 6.45) is 0. The molecule has 0 atom stereocenters. The summed E-state index contributed by atoms with van der Waals surface area (Å²) >= 11 is 0. The minimum atomic E-state index is -3.10. The van der Waals surface area contributed by atoms with Crippen molar-refractivity contribution in [3.63, 3.8) is 0 Å². The second-order valence-corrected chi connectivity index (χ2v) is 9.30. The van der Waals surface area contributed by atoms with Crippen molar-refractivity contribution in [1.29, 1.82) is 0 Å². The average molecular weight is 383 g/mol. The zero-order chi connectivity index (χ0) is 19.6. The lowest BCUT2D eigenvalue weighted by molar-refractivity contribution is -0.384. The second kappa shape index (κ2) is 7.61. The van der Waals surface area contributed by atoms with E-state index in [4.69, 9.17) is 0 Å². The molecular weight excluding hydrogens is 358 g/mol. The van der Waals surface area contributed by atoms with E-state index in [1.54, 1.807) is 0 Å². The van der Waals surface area contributed by atoms with Crippen molar-refractivity contribution in [2.24, 2.45) is 0 Å². The molecule has 1 fully saturated rings. The Hall–Kier alpha value is -2.16. The molecule has 1 aliphatic rings. The highest BCUT2D eigenvalue weighted by Gasteiger charge is 2.30. The zero-order valence-corrected chi connectivity index (χ0v) is 16.3. The molecule has 0 spiro atoms. The third-order valence-electron chi connectivity index (χ3n) is 4.45. The van der Waals surface area contributed by atoms with Crippen LogP contribution in [0.4, 0.5) is 11.4 Å². The third-order valence-corrected chi connectivity index (χ3v) is 6.05. The Morgan fingerprint density at radius 3 is 2.15 bits per heavy atom. The predicted molar refractivity (Wildman–Crippen MR) is 100 cm³/mol. The van der Waals surface area contributed by atoms with Crippen LogP contribution in [0.5, 0.6) is 0 Å². The number of rotatable bonds is 5. The van der Waals surface area contributed by atoms with Crippen LogP contribution in [0.15, 0.2) is 18.2 Å². The van der Waals surface area contributed by atoms with Gasteiger partial charge in [0.25, 0.3) is 11.6 Å². The highest BCUT2D eigenvalue weighted by Crippen LogP contribution is 2.30. The van der Waals surface area contributed by atoms with Crippen LogP contribution in [0.2, 0.25) is 0 Å². The molecule has 26 heavy (non-hydrogen) atoms. The number of hydrogen-bond acceptors (Lipinski definition) is 6. The van der Waals surface area contributed by atoms with E-state index in [1.165, 1.54) is 23.1 Å². The first-order valence-corrected chi connectivity index (χ1v) is 10.4. The quantitative estimate of drug-likeness (QED) is 0.570. The minimum Gasteiger partial charge on any atom is -0.366 e. The summed E-state index contributed by atoms with van der Waals surface area (Å²) in [5.41, 5.74) is 0.781. The van der Waals surface area contributed by atoms with E-state index in [2.05, 4.69) is 0 Å². The van der Waals surface area contributed by atoms with Crippen molar-refractivity contribution in [2.75, 3.05) is 29.5 Å². The number of nitro groups is 1. The van der Waals surface area contributed by atoms with Gasteiger partial charge in [-0.15, -0.1) is 0 Å². The minimum absolute atomic E-state index is 0.0327. The van der Waals surface area contributed by atoms with E-state index in [0.717, 1.165) is 0 Å². The Morgan fingerprint density at radius 1 is 1.15 bits per heavy atom. The number of nitro benzene ring substituents is 1. The number of amides is 1. The fourth-order valence-electron chi connectivity index (χ4n) is 3.27. The predicted octanol–water partition coefficient (Wildman–Crippen LogP) is 2.09. The van der Waals surface area contributed by atoms with Gasteiger partial charge in [-0.2, -0.15) is 0 Å². The molecule has 1 heterocycles. The van der Waals surface area contributed by atoms with Crippen LogP contribution in [0.25, 0.3) is 0 Å². The van der Waals surface area contributed by atoms with Gasteiger partial charge in [-0.3, -0.25) is 14.9 Å². The molecule has 1 amide bonds. The van der Waals surface area contributed by atoms with Crippen LogP contribution in [-0.4, -0.2) is 60.8 Å². The first-order chi connectivity index (χ1) is 12.0. The molecule has 1 saturated heterocycles. The van der Waals surface area contributed by atoms with Crippen LogP contribution >= 0.6 is 0 Å². The first kappa shape index (κ1) is 20.2. The Labute approximate surface area is 153 Å². The molecule has 1 aromatic rings. The number of hydrogen-bond donors (Lipinski definition) is 0. The zero-order valence-electron chi connectivity index (χ0n) is 15.5. The summed E-state index contributed by atoms with van der Waals surface area (Å²) in [5, 5.41) is 11.2. The molecular formula is C17H25N3O5S. The van der Waals surface area contributed by atoms with Gasteiger partial charge in [0.2, 0.25) is 0 Å². The third kappa shape index (κ3) is 4.32. The van der Waals surface area contributed by atoms with Gasteiger partial charge in [-0.1, -0.05) is 0 Å². The molecule has 1 aliphatic heterocycles. The largest absolute Gasteiger partial charge is 0.366 e. The fraction of sp³-hybridized carbons (Fsp3) is 0.588. The lowest BCUT2D eigenvalue weighted by Crippen LogP contribution is -2.45. The molecule has 0 aromatic heterocycles. The number of carbonyl (C=O) groups excluding carboxylic acids is 1. The summed E-state index contributed by atoms with van der Waals surface area (Å²) in [7, 11) is -3.10. The summed E-state index contributed by atoms with van der Waals surface area (Å²) in [4.78, 5) is 27.2. The molecule has 2 rings (SSSR count). The highest BCUT2D eigenvalue weighted by molar-refractivity contribution is 7.91. The van der Waals surface area contributed by atoms with Crippen molar-refractivity contribution in [1.82, 2.24) is 4.90 Å². The molecule has 0 bridgehead atoms. The Balaban J connectivity index is 2.47. The highest BCUT2D eigenvalue weighted by atomic mass is 32.2. The summed E-state index contributed by atoms with van der Waals surface area (Å²) in [5.74, 6) is -0.408. The molecule has 0 saturated carbocycles. The maximum Gasteiger partial charge on any atom is 0.271 e. The van der Waals surface area contributed by atoms with Gasteiger partial charge in [-0.25, -0.2) is 8.42 Å². The first-order valence-electron chi connectivity index (χ1n) is 8.60. The van der Waals surface area contributed by atoms with E-state index >= 15 is 0 Å². The maximum atomic E-state index is 13.0. The Bertz CT molecular complexity index is 783. The van der Waals surface area contributed by atoms with E-state index < -0.39 is 14.8 Å². The second-order valence-electron chi connectivity index (χ2n) is 7.00. The standard InChI is InChI=1S/C17H25N3O5S/c1-12(2)19(13(3)4)16-11-14(20(22)23)5-6-15(16)17(21)18-7-9-26(24,25)10-8-18/h5-6,11-13H,7-10H2,1-4H3. The van der Waals surface area contributed by atoms with Crippen molar-refractivity contribution in [2.45, 2.75) is 39.8 Å². The van der Waals surface area contributed by atoms with Gasteiger partial charge in [0.05, 0.1) is 27.7 Å². The molecule has 8 nitrogen and oxygen atoms in total. The van der Waals surface area contributed by atoms with Gasteiger partial charge in [0.1, 0.15) is 0 Å². The van der Waals surface area contributed by atoms with Crippen LogP contribution in [-0.2, 0) is 9.84 Å². The van der Waals surface area contributed by atoms with Gasteiger partial charge >= 0.3 is 0 Å². The Morgan fingerprint density at radius 2 is 1.69 bits per heavy atom. The molecule has 9 heteroatoms. The normalized spacial score (nSPS) is 16.8. The molecule has 1 aromatic carbocycles. The van der Waals surface area contributed by atoms with Crippen LogP contribution in [0.1, 0.15) is 38.1 Å². The summed E-state index contributed by atoms with van der Waals surface area (Å²) in [6, 6.07) is 4.27. The van der Waals surface area contributed by atoms with Crippen molar-refractivity contribution in [3.05, 3.63) is 33.9 Å². The van der Waals surface area contributed by atoms with Crippen LogP contribution in [0.3, 0.4) is 0 Å². The number of anilines is 1. The fourth-order valence-corrected chi connectivity index (χ4v) is 4.47. The van der Waals surface area contributed by atoms with Gasteiger partial charge < -0.3 is 9.80 Å². The van der Waals surface area contributed by atoms with Gasteiger partial charge in [-0.05, 0) is 33.8 Å². The molecule has 144 valence electrons.